The molecular formula is C20H20Si. The van der Waals surface area contributed by atoms with Gasteiger partial charge in [-0.1, -0.05) is 85.1 Å². The Hall–Kier alpha value is -1.86. The Labute approximate surface area is 127 Å². The van der Waals surface area contributed by atoms with E-state index in [-0.39, 0.29) is 0 Å². The zero-order valence-corrected chi connectivity index (χ0v) is 13.6. The highest BCUT2D eigenvalue weighted by Crippen LogP contribution is 2.50. The second kappa shape index (κ2) is 4.57. The van der Waals surface area contributed by atoms with Crippen molar-refractivity contribution in [3.63, 3.8) is 0 Å². The summed E-state index contributed by atoms with van der Waals surface area (Å²) in [6.07, 6.45) is 17.3. The summed E-state index contributed by atoms with van der Waals surface area (Å²) in [6, 6.07) is 8.99. The van der Waals surface area contributed by atoms with Gasteiger partial charge in [0.15, 0.2) is 0 Å². The molecule has 0 aromatic heterocycles. The third kappa shape index (κ3) is 1.81. The quantitative estimate of drug-likeness (QED) is 0.645. The van der Waals surface area contributed by atoms with Crippen LogP contribution in [0.2, 0.25) is 13.1 Å². The monoisotopic (exact) mass is 288 g/mol. The van der Waals surface area contributed by atoms with Crippen molar-refractivity contribution in [1.82, 2.24) is 0 Å². The average molecular weight is 288 g/mol. The average Bonchev–Trinajstić information content (AvgIpc) is 3.14. The highest BCUT2D eigenvalue weighted by molar-refractivity contribution is 7.01. The fourth-order valence-electron chi connectivity index (χ4n) is 3.97. The van der Waals surface area contributed by atoms with Crippen LogP contribution in [0.5, 0.6) is 0 Å². The zero-order valence-electron chi connectivity index (χ0n) is 12.6. The number of fused-ring (bicyclic) bond motifs is 3. The van der Waals surface area contributed by atoms with Gasteiger partial charge in [-0.05, 0) is 28.3 Å². The summed E-state index contributed by atoms with van der Waals surface area (Å²) < 4.78 is 0. The normalized spacial score (nSPS) is 22.6. The van der Waals surface area contributed by atoms with Gasteiger partial charge in [-0.25, -0.2) is 0 Å². The van der Waals surface area contributed by atoms with Crippen molar-refractivity contribution in [2.45, 2.75) is 25.4 Å². The van der Waals surface area contributed by atoms with Crippen LogP contribution >= 0.6 is 0 Å². The van der Waals surface area contributed by atoms with E-state index < -0.39 is 8.07 Å². The molecule has 1 aromatic carbocycles. The molecule has 4 rings (SSSR count). The molecule has 0 aliphatic heterocycles. The third-order valence-electron chi connectivity index (χ3n) is 5.00. The van der Waals surface area contributed by atoms with Gasteiger partial charge in [-0.2, -0.15) is 0 Å². The summed E-state index contributed by atoms with van der Waals surface area (Å²) in [6.45, 7) is 5.00. The van der Waals surface area contributed by atoms with Gasteiger partial charge in [-0.15, -0.1) is 0 Å². The van der Waals surface area contributed by atoms with E-state index >= 15 is 0 Å². The van der Waals surface area contributed by atoms with Crippen LogP contribution in [0.4, 0.5) is 0 Å². The lowest BCUT2D eigenvalue weighted by Gasteiger charge is -2.27. The molecule has 0 fully saturated rings. The Morgan fingerprint density at radius 3 is 2.71 bits per heavy atom. The first-order valence-electron chi connectivity index (χ1n) is 7.75. The van der Waals surface area contributed by atoms with Crippen LogP contribution in [-0.2, 0) is 0 Å². The maximum atomic E-state index is 2.50. The minimum Gasteiger partial charge on any atom is -0.0811 e. The van der Waals surface area contributed by atoms with Crippen molar-refractivity contribution in [1.29, 1.82) is 0 Å². The van der Waals surface area contributed by atoms with Gasteiger partial charge in [0.05, 0.1) is 0 Å². The number of allylic oxidation sites excluding steroid dienone is 9. The molecule has 0 saturated heterocycles. The Bertz CT molecular complexity index is 754. The van der Waals surface area contributed by atoms with Gasteiger partial charge in [-0.3, -0.25) is 0 Å². The molecule has 3 aliphatic rings. The van der Waals surface area contributed by atoms with Crippen molar-refractivity contribution in [3.8, 4) is 0 Å². The largest absolute Gasteiger partial charge is 0.112 e. The lowest BCUT2D eigenvalue weighted by molar-refractivity contribution is 1.05. The lowest BCUT2D eigenvalue weighted by Crippen LogP contribution is -2.30. The van der Waals surface area contributed by atoms with Crippen molar-refractivity contribution in [2.24, 2.45) is 0 Å². The summed E-state index contributed by atoms with van der Waals surface area (Å²) in [4.78, 5) is 0. The van der Waals surface area contributed by atoms with Crippen LogP contribution in [0, 0.1) is 0 Å². The molecule has 0 heterocycles. The summed E-state index contributed by atoms with van der Waals surface area (Å²) >= 11 is 0. The summed E-state index contributed by atoms with van der Waals surface area (Å²) in [7, 11) is -1.63. The van der Waals surface area contributed by atoms with E-state index in [2.05, 4.69) is 79.9 Å². The molecule has 0 saturated carbocycles. The van der Waals surface area contributed by atoms with Gasteiger partial charge >= 0.3 is 0 Å². The van der Waals surface area contributed by atoms with E-state index in [9.17, 15) is 0 Å². The van der Waals surface area contributed by atoms with E-state index in [0.29, 0.717) is 5.92 Å². The van der Waals surface area contributed by atoms with Gasteiger partial charge in [0.25, 0.3) is 0 Å². The first-order chi connectivity index (χ1) is 10.2. The second-order valence-corrected chi connectivity index (χ2v) is 10.9. The standard InChI is InChI=1S/C20H20Si/c1-21(2,15-9-3-4-10-15)20-18-13-7-5-11-16(18)17-12-6-8-14-19(17)20/h3,5-14,16H,4H2,1-2H3. The minimum absolute atomic E-state index is 0.471. The smallest absolute Gasteiger partial charge is 0.0811 e. The molecule has 104 valence electrons. The second-order valence-electron chi connectivity index (χ2n) is 6.56. The van der Waals surface area contributed by atoms with Crippen LogP contribution in [0.15, 0.2) is 77.6 Å². The first kappa shape index (κ1) is 12.8. The molecule has 0 bridgehead atoms. The highest BCUT2D eigenvalue weighted by Gasteiger charge is 2.39. The Morgan fingerprint density at radius 2 is 1.90 bits per heavy atom. The topological polar surface area (TPSA) is 0 Å². The molecule has 1 aromatic rings. The predicted octanol–water partition coefficient (Wildman–Crippen LogP) is 5.34. The van der Waals surface area contributed by atoms with Crippen LogP contribution in [0.3, 0.4) is 0 Å². The molecule has 0 nitrogen and oxygen atoms in total. The Kier molecular flexibility index (Phi) is 2.80. The van der Waals surface area contributed by atoms with Crippen molar-refractivity contribution < 1.29 is 0 Å². The summed E-state index contributed by atoms with van der Waals surface area (Å²) in [5.74, 6) is 0.471. The number of benzene rings is 1. The fraction of sp³-hybridized carbons (Fsp3) is 0.200. The zero-order chi connectivity index (χ0) is 14.4. The van der Waals surface area contributed by atoms with E-state index in [1.165, 1.54) is 16.7 Å². The van der Waals surface area contributed by atoms with Crippen molar-refractivity contribution in [2.75, 3.05) is 0 Å². The molecule has 0 N–H and O–H groups in total. The Morgan fingerprint density at radius 1 is 1.05 bits per heavy atom. The highest BCUT2D eigenvalue weighted by atomic mass is 28.3. The van der Waals surface area contributed by atoms with Crippen LogP contribution in [-0.4, -0.2) is 8.07 Å². The lowest BCUT2D eigenvalue weighted by atomic mass is 9.93. The van der Waals surface area contributed by atoms with Crippen LogP contribution in [0.25, 0.3) is 5.20 Å². The van der Waals surface area contributed by atoms with E-state index in [4.69, 9.17) is 0 Å². The van der Waals surface area contributed by atoms with Gasteiger partial charge in [0.2, 0.25) is 0 Å². The molecule has 3 aliphatic carbocycles. The number of hydrogen-bond acceptors (Lipinski definition) is 0. The molecule has 0 amide bonds. The predicted molar refractivity (Wildman–Crippen MR) is 93.7 cm³/mol. The van der Waals surface area contributed by atoms with Crippen molar-refractivity contribution in [3.05, 3.63) is 88.7 Å². The van der Waals surface area contributed by atoms with Gasteiger partial charge < -0.3 is 0 Å². The number of rotatable bonds is 2. The molecule has 1 heteroatoms. The SMILES string of the molecule is C[Si](C)(C1=CCC=C1)C1=C2C=CC=CC2c2ccccc21. The van der Waals surface area contributed by atoms with E-state index in [1.807, 2.05) is 0 Å². The van der Waals surface area contributed by atoms with Gasteiger partial charge in [0, 0.05) is 5.92 Å². The molecule has 0 spiro atoms. The van der Waals surface area contributed by atoms with Crippen LogP contribution < -0.4 is 0 Å². The summed E-state index contributed by atoms with van der Waals surface area (Å²) in [5, 5.41) is 3.23. The number of hydrogen-bond donors (Lipinski definition) is 0. The maximum absolute atomic E-state index is 2.50. The fourth-order valence-corrected chi connectivity index (χ4v) is 7.28. The first-order valence-corrected chi connectivity index (χ1v) is 10.8. The van der Waals surface area contributed by atoms with Crippen molar-refractivity contribution >= 4 is 13.3 Å². The van der Waals surface area contributed by atoms with E-state index in [0.717, 1.165) is 6.42 Å². The van der Waals surface area contributed by atoms with Crippen LogP contribution in [0.1, 0.15) is 23.5 Å². The molecule has 1 atom stereocenters. The molecule has 1 unspecified atom stereocenters. The Balaban J connectivity index is 1.96. The molecular weight excluding hydrogens is 268 g/mol. The molecule has 21 heavy (non-hydrogen) atoms. The van der Waals surface area contributed by atoms with E-state index in [1.54, 1.807) is 10.4 Å². The minimum atomic E-state index is -1.63. The van der Waals surface area contributed by atoms with Gasteiger partial charge in [0.1, 0.15) is 8.07 Å². The summed E-state index contributed by atoms with van der Waals surface area (Å²) in [5.41, 5.74) is 4.52. The molecule has 0 radical (unpaired) electrons. The maximum Gasteiger partial charge on any atom is 0.112 e. The third-order valence-corrected chi connectivity index (χ3v) is 8.62.